The molecule has 0 atom stereocenters. The van der Waals surface area contributed by atoms with Crippen LogP contribution in [0.1, 0.15) is 40.0 Å². The zero-order valence-electron chi connectivity index (χ0n) is 9.02. The predicted molar refractivity (Wildman–Crippen MR) is 54.7 cm³/mol. The Morgan fingerprint density at radius 1 is 1.38 bits per heavy atom. The summed E-state index contributed by atoms with van der Waals surface area (Å²) >= 11 is 0. The smallest absolute Gasteiger partial charge is 0.136 e. The highest BCUT2D eigenvalue weighted by Crippen LogP contribution is 2.36. The summed E-state index contributed by atoms with van der Waals surface area (Å²) in [6.45, 7) is 8.17. The molecule has 2 heteroatoms. The van der Waals surface area contributed by atoms with Crippen molar-refractivity contribution in [3.05, 3.63) is 0 Å². The third kappa shape index (κ3) is 2.53. The lowest BCUT2D eigenvalue weighted by Crippen LogP contribution is -2.42. The minimum Gasteiger partial charge on any atom is -0.317 e. The summed E-state index contributed by atoms with van der Waals surface area (Å²) in [5.74, 6) is 1.02. The van der Waals surface area contributed by atoms with Gasteiger partial charge in [-0.05, 0) is 45.2 Å². The molecule has 1 heterocycles. The summed E-state index contributed by atoms with van der Waals surface area (Å²) in [7, 11) is 0. The van der Waals surface area contributed by atoms with Gasteiger partial charge in [0, 0.05) is 5.41 Å². The second-order valence-corrected chi connectivity index (χ2v) is 4.68. The van der Waals surface area contributed by atoms with Crippen LogP contribution in [-0.2, 0) is 4.79 Å². The summed E-state index contributed by atoms with van der Waals surface area (Å²) in [5, 5.41) is 3.32. The minimum absolute atomic E-state index is 0.000579. The van der Waals surface area contributed by atoms with Gasteiger partial charge in [-0.2, -0.15) is 0 Å². The molecule has 1 saturated heterocycles. The molecule has 0 saturated carbocycles. The van der Waals surface area contributed by atoms with Crippen LogP contribution in [-0.4, -0.2) is 18.9 Å². The van der Waals surface area contributed by atoms with E-state index in [1.54, 1.807) is 6.92 Å². The number of rotatable bonds is 3. The summed E-state index contributed by atoms with van der Waals surface area (Å²) in [6, 6.07) is 0. The molecule has 0 unspecified atom stereocenters. The number of hydrogen-bond acceptors (Lipinski definition) is 2. The fourth-order valence-electron chi connectivity index (χ4n) is 2.39. The monoisotopic (exact) mass is 183 g/mol. The first-order chi connectivity index (χ1) is 6.07. The molecule has 1 rings (SSSR count). The predicted octanol–water partition coefficient (Wildman–Crippen LogP) is 1.99. The fraction of sp³-hybridized carbons (Fsp3) is 0.909. The molecule has 2 nitrogen and oxygen atoms in total. The minimum atomic E-state index is -0.000579. The molecule has 0 aromatic carbocycles. The maximum absolute atomic E-state index is 11.6. The molecule has 1 aliphatic rings. The van der Waals surface area contributed by atoms with E-state index in [9.17, 15) is 4.79 Å². The van der Waals surface area contributed by atoms with Crippen LogP contribution in [0.4, 0.5) is 0 Å². The van der Waals surface area contributed by atoms with Gasteiger partial charge in [0.05, 0.1) is 0 Å². The number of nitrogens with one attached hydrogen (secondary N) is 1. The van der Waals surface area contributed by atoms with Crippen LogP contribution in [0.3, 0.4) is 0 Å². The Bertz CT molecular complexity index is 181. The highest BCUT2D eigenvalue weighted by molar-refractivity contribution is 5.82. The van der Waals surface area contributed by atoms with Gasteiger partial charge in [0.25, 0.3) is 0 Å². The van der Waals surface area contributed by atoms with Gasteiger partial charge < -0.3 is 5.32 Å². The van der Waals surface area contributed by atoms with Crippen LogP contribution >= 0.6 is 0 Å². The SMILES string of the molecule is CC(=O)C1(CC(C)C)CCNCC1. The van der Waals surface area contributed by atoms with Gasteiger partial charge in [-0.3, -0.25) is 4.79 Å². The topological polar surface area (TPSA) is 29.1 Å². The first-order valence-electron chi connectivity index (χ1n) is 5.28. The van der Waals surface area contributed by atoms with E-state index in [0.717, 1.165) is 32.4 Å². The molecule has 0 amide bonds. The van der Waals surface area contributed by atoms with Crippen molar-refractivity contribution in [1.29, 1.82) is 0 Å². The van der Waals surface area contributed by atoms with E-state index in [1.165, 1.54) is 0 Å². The van der Waals surface area contributed by atoms with E-state index < -0.39 is 0 Å². The van der Waals surface area contributed by atoms with Gasteiger partial charge in [0.1, 0.15) is 5.78 Å². The first-order valence-corrected chi connectivity index (χ1v) is 5.28. The third-order valence-electron chi connectivity index (χ3n) is 3.11. The zero-order valence-corrected chi connectivity index (χ0v) is 9.02. The average molecular weight is 183 g/mol. The number of carbonyl (C=O) groups is 1. The van der Waals surface area contributed by atoms with Gasteiger partial charge in [0.15, 0.2) is 0 Å². The van der Waals surface area contributed by atoms with Crippen molar-refractivity contribution in [1.82, 2.24) is 5.32 Å². The lowest BCUT2D eigenvalue weighted by molar-refractivity contribution is -0.129. The number of carbonyl (C=O) groups excluding carboxylic acids is 1. The molecule has 0 radical (unpaired) electrons. The summed E-state index contributed by atoms with van der Waals surface area (Å²) in [5.41, 5.74) is -0.000579. The van der Waals surface area contributed by atoms with E-state index in [1.807, 2.05) is 0 Å². The lowest BCUT2D eigenvalue weighted by atomic mass is 9.70. The number of ketones is 1. The van der Waals surface area contributed by atoms with Crippen LogP contribution in [0, 0.1) is 11.3 Å². The zero-order chi connectivity index (χ0) is 9.90. The van der Waals surface area contributed by atoms with Crippen LogP contribution in [0.5, 0.6) is 0 Å². The lowest BCUT2D eigenvalue weighted by Gasteiger charge is -2.36. The van der Waals surface area contributed by atoms with E-state index in [0.29, 0.717) is 11.7 Å². The Kier molecular flexibility index (Phi) is 3.48. The summed E-state index contributed by atoms with van der Waals surface area (Å²) in [6.07, 6.45) is 3.12. The van der Waals surface area contributed by atoms with Crippen molar-refractivity contribution in [3.63, 3.8) is 0 Å². The van der Waals surface area contributed by atoms with E-state index in [2.05, 4.69) is 19.2 Å². The molecular weight excluding hydrogens is 162 g/mol. The van der Waals surface area contributed by atoms with Crippen LogP contribution in [0.25, 0.3) is 0 Å². The van der Waals surface area contributed by atoms with Crippen LogP contribution in [0.15, 0.2) is 0 Å². The normalized spacial score (nSPS) is 21.8. The van der Waals surface area contributed by atoms with Crippen molar-refractivity contribution in [2.45, 2.75) is 40.0 Å². The van der Waals surface area contributed by atoms with Crippen molar-refractivity contribution >= 4 is 5.78 Å². The highest BCUT2D eigenvalue weighted by atomic mass is 16.1. The number of hydrogen-bond donors (Lipinski definition) is 1. The molecular formula is C11H21NO. The summed E-state index contributed by atoms with van der Waals surface area (Å²) < 4.78 is 0. The molecule has 1 N–H and O–H groups in total. The Morgan fingerprint density at radius 3 is 2.31 bits per heavy atom. The maximum Gasteiger partial charge on any atom is 0.136 e. The van der Waals surface area contributed by atoms with Crippen molar-refractivity contribution in [3.8, 4) is 0 Å². The van der Waals surface area contributed by atoms with Crippen molar-refractivity contribution in [2.24, 2.45) is 11.3 Å². The Labute approximate surface area is 81.1 Å². The maximum atomic E-state index is 11.6. The molecule has 1 aliphatic heterocycles. The largest absolute Gasteiger partial charge is 0.317 e. The third-order valence-corrected chi connectivity index (χ3v) is 3.11. The molecule has 76 valence electrons. The number of piperidine rings is 1. The second kappa shape index (κ2) is 4.23. The van der Waals surface area contributed by atoms with E-state index in [4.69, 9.17) is 0 Å². The fourth-order valence-corrected chi connectivity index (χ4v) is 2.39. The molecule has 0 spiro atoms. The van der Waals surface area contributed by atoms with E-state index >= 15 is 0 Å². The number of Topliss-reactive ketones (excluding diaryl/α,β-unsaturated/α-hetero) is 1. The quantitative estimate of drug-likeness (QED) is 0.725. The van der Waals surface area contributed by atoms with Gasteiger partial charge >= 0.3 is 0 Å². The highest BCUT2D eigenvalue weighted by Gasteiger charge is 2.36. The van der Waals surface area contributed by atoms with Crippen LogP contribution in [0.2, 0.25) is 0 Å². The van der Waals surface area contributed by atoms with Gasteiger partial charge in [-0.15, -0.1) is 0 Å². The van der Waals surface area contributed by atoms with Crippen molar-refractivity contribution in [2.75, 3.05) is 13.1 Å². The van der Waals surface area contributed by atoms with E-state index in [-0.39, 0.29) is 5.41 Å². The standard InChI is InChI=1S/C11H21NO/c1-9(2)8-11(10(3)13)4-6-12-7-5-11/h9,12H,4-8H2,1-3H3. The molecule has 0 bridgehead atoms. The first kappa shape index (κ1) is 10.7. The Morgan fingerprint density at radius 2 is 1.92 bits per heavy atom. The summed E-state index contributed by atoms with van der Waals surface area (Å²) in [4.78, 5) is 11.6. The average Bonchev–Trinajstić information content (AvgIpc) is 2.04. The molecule has 0 aliphatic carbocycles. The van der Waals surface area contributed by atoms with Gasteiger partial charge in [0.2, 0.25) is 0 Å². The van der Waals surface area contributed by atoms with Gasteiger partial charge in [-0.25, -0.2) is 0 Å². The molecule has 0 aromatic heterocycles. The Hall–Kier alpha value is -0.370. The van der Waals surface area contributed by atoms with Crippen molar-refractivity contribution < 1.29 is 4.79 Å². The van der Waals surface area contributed by atoms with Gasteiger partial charge in [-0.1, -0.05) is 13.8 Å². The van der Waals surface area contributed by atoms with Crippen LogP contribution < -0.4 is 5.32 Å². The molecule has 13 heavy (non-hydrogen) atoms. The molecule has 0 aromatic rings. The molecule has 1 fully saturated rings. The Balaban J connectivity index is 2.67. The second-order valence-electron chi connectivity index (χ2n) is 4.68.